The molecule has 0 aromatic carbocycles. The van der Waals surface area contributed by atoms with Crippen LogP contribution in [0.2, 0.25) is 0 Å². The molecule has 190 valence electrons. The summed E-state index contributed by atoms with van der Waals surface area (Å²) in [6, 6.07) is 0. The lowest BCUT2D eigenvalue weighted by Gasteiger charge is -2.06. The van der Waals surface area contributed by atoms with Gasteiger partial charge in [-0.05, 0) is 19.3 Å². The van der Waals surface area contributed by atoms with Gasteiger partial charge in [-0.2, -0.15) is 0 Å². The molecule has 0 atom stereocenters. The number of aliphatic carboxylic acids is 1. The molecule has 0 aliphatic carbocycles. The van der Waals surface area contributed by atoms with E-state index in [0.29, 0.717) is 19.4 Å². The Morgan fingerprint density at radius 1 is 0.500 bits per heavy atom. The largest absolute Gasteiger partial charge is 0.481 e. The Hall–Kier alpha value is -1.06. The van der Waals surface area contributed by atoms with Gasteiger partial charge in [0.25, 0.3) is 0 Å². The molecule has 32 heavy (non-hydrogen) atoms. The van der Waals surface area contributed by atoms with Gasteiger partial charge in [0.15, 0.2) is 0 Å². The molecule has 0 unspecified atom stereocenters. The van der Waals surface area contributed by atoms with Gasteiger partial charge in [0.1, 0.15) is 0 Å². The van der Waals surface area contributed by atoms with Gasteiger partial charge in [-0.25, -0.2) is 0 Å². The van der Waals surface area contributed by atoms with Crippen LogP contribution in [-0.4, -0.2) is 23.7 Å². The number of unbranched alkanes of at least 4 members (excludes halogenated alkanes) is 20. The summed E-state index contributed by atoms with van der Waals surface area (Å²) in [5.41, 5.74) is 0. The molecule has 4 nitrogen and oxygen atoms in total. The third kappa shape index (κ3) is 27.0. The Bertz CT molecular complexity index is 408. The summed E-state index contributed by atoms with van der Waals surface area (Å²) in [6.07, 6.45) is 28.0. The molecule has 0 heterocycles. The van der Waals surface area contributed by atoms with E-state index < -0.39 is 5.97 Å². The van der Waals surface area contributed by atoms with Crippen LogP contribution in [0.4, 0.5) is 0 Å². The second-order valence-electron chi connectivity index (χ2n) is 9.54. The molecule has 0 aliphatic heterocycles. The van der Waals surface area contributed by atoms with Gasteiger partial charge >= 0.3 is 11.9 Å². The lowest BCUT2D eigenvalue weighted by atomic mass is 10.1. The molecule has 0 amide bonds. The zero-order chi connectivity index (χ0) is 23.5. The fourth-order valence-corrected chi connectivity index (χ4v) is 4.16. The lowest BCUT2D eigenvalue weighted by Crippen LogP contribution is -2.05. The van der Waals surface area contributed by atoms with E-state index in [2.05, 4.69) is 6.92 Å². The Morgan fingerprint density at radius 2 is 0.844 bits per heavy atom. The van der Waals surface area contributed by atoms with Gasteiger partial charge in [0.2, 0.25) is 0 Å². The minimum atomic E-state index is -0.677. The summed E-state index contributed by atoms with van der Waals surface area (Å²) in [6.45, 7) is 2.85. The maximum Gasteiger partial charge on any atom is 0.305 e. The third-order valence-corrected chi connectivity index (χ3v) is 6.28. The number of carbonyl (C=O) groups is 2. The maximum atomic E-state index is 11.8. The van der Waals surface area contributed by atoms with E-state index in [4.69, 9.17) is 9.84 Å². The topological polar surface area (TPSA) is 63.6 Å². The van der Waals surface area contributed by atoms with Crippen LogP contribution < -0.4 is 0 Å². The van der Waals surface area contributed by atoms with Crippen LogP contribution in [0.3, 0.4) is 0 Å². The summed E-state index contributed by atoms with van der Waals surface area (Å²) in [5.74, 6) is -0.687. The summed E-state index contributed by atoms with van der Waals surface area (Å²) in [5, 5.41) is 8.59. The highest BCUT2D eigenvalue weighted by Gasteiger charge is 2.03. The van der Waals surface area contributed by atoms with E-state index in [-0.39, 0.29) is 5.97 Å². The smallest absolute Gasteiger partial charge is 0.305 e. The van der Waals surface area contributed by atoms with Crippen molar-refractivity contribution in [1.82, 2.24) is 0 Å². The van der Waals surface area contributed by atoms with Gasteiger partial charge < -0.3 is 9.84 Å². The van der Waals surface area contributed by atoms with Crippen LogP contribution in [-0.2, 0) is 14.3 Å². The first-order valence-electron chi connectivity index (χ1n) is 14.0. The van der Waals surface area contributed by atoms with Gasteiger partial charge in [0.05, 0.1) is 6.61 Å². The first-order valence-corrected chi connectivity index (χ1v) is 14.0. The standard InChI is InChI=1S/C28H54O4/c1-2-3-4-5-6-7-9-13-16-19-22-25-28(31)32-26-23-20-17-14-11-8-10-12-15-18-21-24-27(29)30/h2-26H2,1H3,(H,29,30). The minimum Gasteiger partial charge on any atom is -0.481 e. The summed E-state index contributed by atoms with van der Waals surface area (Å²) in [4.78, 5) is 22.2. The van der Waals surface area contributed by atoms with Crippen molar-refractivity contribution in [3.8, 4) is 0 Å². The van der Waals surface area contributed by atoms with Crippen molar-refractivity contribution in [2.75, 3.05) is 6.61 Å². The molecule has 0 saturated heterocycles. The normalized spacial score (nSPS) is 11.0. The van der Waals surface area contributed by atoms with Crippen molar-refractivity contribution in [1.29, 1.82) is 0 Å². The van der Waals surface area contributed by atoms with E-state index in [1.807, 2.05) is 0 Å². The van der Waals surface area contributed by atoms with Gasteiger partial charge in [-0.1, -0.05) is 129 Å². The van der Waals surface area contributed by atoms with Gasteiger partial charge in [-0.15, -0.1) is 0 Å². The van der Waals surface area contributed by atoms with Crippen molar-refractivity contribution in [2.24, 2.45) is 0 Å². The number of hydrogen-bond donors (Lipinski definition) is 1. The van der Waals surface area contributed by atoms with E-state index in [1.54, 1.807) is 0 Å². The molecular weight excluding hydrogens is 400 g/mol. The Labute approximate surface area is 199 Å². The lowest BCUT2D eigenvalue weighted by molar-refractivity contribution is -0.144. The van der Waals surface area contributed by atoms with Crippen LogP contribution in [0.25, 0.3) is 0 Å². The van der Waals surface area contributed by atoms with Crippen LogP contribution in [0.5, 0.6) is 0 Å². The highest BCUT2D eigenvalue weighted by Crippen LogP contribution is 2.13. The molecule has 0 fully saturated rings. The average Bonchev–Trinajstić information content (AvgIpc) is 2.77. The monoisotopic (exact) mass is 454 g/mol. The van der Waals surface area contributed by atoms with Crippen molar-refractivity contribution in [3.63, 3.8) is 0 Å². The van der Waals surface area contributed by atoms with Crippen LogP contribution in [0, 0.1) is 0 Å². The molecule has 0 spiro atoms. The quantitative estimate of drug-likeness (QED) is 0.105. The summed E-state index contributed by atoms with van der Waals surface area (Å²) in [7, 11) is 0. The number of esters is 1. The van der Waals surface area contributed by atoms with Crippen LogP contribution in [0.15, 0.2) is 0 Å². The molecule has 0 aromatic rings. The SMILES string of the molecule is CCCCCCCCCCCCCC(=O)OCCCCCCCCCCCCCC(=O)O. The van der Waals surface area contributed by atoms with E-state index in [9.17, 15) is 9.59 Å². The van der Waals surface area contributed by atoms with Gasteiger partial charge in [0, 0.05) is 12.8 Å². The number of carboxylic acid groups (broad SMARTS) is 1. The highest BCUT2D eigenvalue weighted by atomic mass is 16.5. The van der Waals surface area contributed by atoms with Crippen molar-refractivity contribution < 1.29 is 19.4 Å². The number of ether oxygens (including phenoxy) is 1. The van der Waals surface area contributed by atoms with Crippen molar-refractivity contribution >= 4 is 11.9 Å². The zero-order valence-electron chi connectivity index (χ0n) is 21.3. The molecule has 4 heteroatoms. The number of carbonyl (C=O) groups excluding carboxylic acids is 1. The summed E-state index contributed by atoms with van der Waals surface area (Å²) < 4.78 is 5.36. The molecule has 0 aromatic heterocycles. The predicted molar refractivity (Wildman–Crippen MR) is 135 cm³/mol. The van der Waals surface area contributed by atoms with Gasteiger partial charge in [-0.3, -0.25) is 9.59 Å². The Morgan fingerprint density at radius 3 is 1.25 bits per heavy atom. The number of carboxylic acids is 1. The highest BCUT2D eigenvalue weighted by molar-refractivity contribution is 5.69. The second kappa shape index (κ2) is 26.2. The fourth-order valence-electron chi connectivity index (χ4n) is 4.16. The summed E-state index contributed by atoms with van der Waals surface area (Å²) >= 11 is 0. The molecule has 0 saturated carbocycles. The maximum absolute atomic E-state index is 11.8. The molecule has 0 aliphatic rings. The number of rotatable bonds is 26. The first kappa shape index (κ1) is 30.9. The Kier molecular flexibility index (Phi) is 25.3. The van der Waals surface area contributed by atoms with E-state index in [1.165, 1.54) is 96.3 Å². The van der Waals surface area contributed by atoms with Crippen LogP contribution >= 0.6 is 0 Å². The minimum absolute atomic E-state index is 0.00993. The third-order valence-electron chi connectivity index (χ3n) is 6.28. The second-order valence-corrected chi connectivity index (χ2v) is 9.54. The first-order chi connectivity index (χ1) is 15.7. The molecule has 0 radical (unpaired) electrons. The average molecular weight is 455 g/mol. The number of hydrogen-bond acceptors (Lipinski definition) is 3. The molecule has 0 rings (SSSR count). The molecule has 0 bridgehead atoms. The Balaban J connectivity index is 3.15. The van der Waals surface area contributed by atoms with Crippen molar-refractivity contribution in [2.45, 2.75) is 161 Å². The molecule has 1 N–H and O–H groups in total. The fraction of sp³-hybridized carbons (Fsp3) is 0.929. The molecular formula is C28H54O4. The van der Waals surface area contributed by atoms with E-state index >= 15 is 0 Å². The zero-order valence-corrected chi connectivity index (χ0v) is 21.3. The predicted octanol–water partition coefficient (Wildman–Crippen LogP) is 9.00. The van der Waals surface area contributed by atoms with Crippen molar-refractivity contribution in [3.05, 3.63) is 0 Å². The van der Waals surface area contributed by atoms with Crippen LogP contribution in [0.1, 0.15) is 161 Å². The van der Waals surface area contributed by atoms with E-state index in [0.717, 1.165) is 44.9 Å².